The van der Waals surface area contributed by atoms with Crippen molar-refractivity contribution >= 4 is 17.5 Å². The molecule has 34 heavy (non-hydrogen) atoms. The molecule has 3 rings (SSSR count). The van der Waals surface area contributed by atoms with Crippen LogP contribution in [-0.2, 0) is 22.0 Å². The molecule has 0 aromatic carbocycles. The van der Waals surface area contributed by atoms with Gasteiger partial charge in [-0.25, -0.2) is 20.5 Å². The number of hydrogen-bond donors (Lipinski definition) is 3. The van der Waals surface area contributed by atoms with Gasteiger partial charge in [0.15, 0.2) is 0 Å². The third-order valence-electron chi connectivity index (χ3n) is 4.74. The first-order chi connectivity index (χ1) is 15.8. The molecule has 1 atom stereocenters. The first-order valence-corrected chi connectivity index (χ1v) is 9.81. The molecular formula is C18H19F6N7O3. The highest BCUT2D eigenvalue weighted by molar-refractivity contribution is 5.75. The molecule has 1 aliphatic heterocycles. The third-order valence-corrected chi connectivity index (χ3v) is 4.74. The van der Waals surface area contributed by atoms with E-state index >= 15 is 0 Å². The second-order valence-corrected chi connectivity index (χ2v) is 7.61. The van der Waals surface area contributed by atoms with Crippen molar-refractivity contribution in [2.24, 2.45) is 5.92 Å². The minimum absolute atomic E-state index is 0.0507. The SMILES string of the molecule is CC(CONC(=O)CC1CN(c2ncc(C(F)(F)F)cn2)C1)Nc1cn[nH]c(=O)c1C(F)(F)F. The number of anilines is 2. The molecule has 3 heterocycles. The second-order valence-electron chi connectivity index (χ2n) is 7.61. The number of rotatable bonds is 8. The molecule has 1 saturated heterocycles. The molecule has 10 nitrogen and oxygen atoms in total. The van der Waals surface area contributed by atoms with E-state index in [2.05, 4.69) is 25.9 Å². The number of carbonyl (C=O) groups is 1. The van der Waals surface area contributed by atoms with Gasteiger partial charge in [-0.1, -0.05) is 0 Å². The van der Waals surface area contributed by atoms with Crippen LogP contribution in [0.1, 0.15) is 24.5 Å². The van der Waals surface area contributed by atoms with Crippen LogP contribution in [0.4, 0.5) is 38.0 Å². The van der Waals surface area contributed by atoms with Crippen LogP contribution in [0.5, 0.6) is 0 Å². The standard InChI is InChI=1S/C18H19F6N7O3/c1-9(28-12-5-27-29-15(33)14(12)18(22,23)24)8-34-30-13(32)2-10-6-31(7-10)16-25-3-11(4-26-16)17(19,20)21/h3-5,9-10H,2,6-8H2,1H3,(H,30,32)(H2,28,29,33). The lowest BCUT2D eigenvalue weighted by atomic mass is 9.96. The quantitative estimate of drug-likeness (QED) is 0.375. The van der Waals surface area contributed by atoms with Gasteiger partial charge in [-0.15, -0.1) is 0 Å². The van der Waals surface area contributed by atoms with Gasteiger partial charge in [0.2, 0.25) is 11.9 Å². The van der Waals surface area contributed by atoms with E-state index in [0.29, 0.717) is 25.5 Å². The first kappa shape index (κ1) is 25.2. The molecule has 0 saturated carbocycles. The van der Waals surface area contributed by atoms with Gasteiger partial charge in [-0.2, -0.15) is 31.4 Å². The van der Waals surface area contributed by atoms with E-state index in [1.807, 2.05) is 0 Å². The number of alkyl halides is 6. The minimum Gasteiger partial charge on any atom is -0.378 e. The van der Waals surface area contributed by atoms with E-state index in [1.54, 1.807) is 10.00 Å². The highest BCUT2D eigenvalue weighted by Crippen LogP contribution is 2.32. The fourth-order valence-electron chi connectivity index (χ4n) is 3.14. The Labute approximate surface area is 187 Å². The van der Waals surface area contributed by atoms with Crippen molar-refractivity contribution in [3.8, 4) is 0 Å². The van der Waals surface area contributed by atoms with Gasteiger partial charge in [-0.05, 0) is 6.92 Å². The number of hydroxylamine groups is 1. The summed E-state index contributed by atoms with van der Waals surface area (Å²) in [6.07, 6.45) is -7.18. The Morgan fingerprint density at radius 2 is 1.82 bits per heavy atom. The van der Waals surface area contributed by atoms with E-state index in [0.717, 1.165) is 6.20 Å². The van der Waals surface area contributed by atoms with Crippen molar-refractivity contribution in [3.05, 3.63) is 40.1 Å². The van der Waals surface area contributed by atoms with Crippen LogP contribution < -0.4 is 21.3 Å². The maximum atomic E-state index is 13.0. The largest absolute Gasteiger partial charge is 0.423 e. The van der Waals surface area contributed by atoms with E-state index in [9.17, 15) is 35.9 Å². The number of carbonyl (C=O) groups excluding carboxylic acids is 1. The molecule has 0 bridgehead atoms. The Morgan fingerprint density at radius 1 is 1.18 bits per heavy atom. The van der Waals surface area contributed by atoms with Crippen molar-refractivity contribution < 1.29 is 36.0 Å². The normalized spacial score (nSPS) is 15.6. The zero-order valence-electron chi connectivity index (χ0n) is 17.5. The molecule has 0 spiro atoms. The topological polar surface area (TPSA) is 125 Å². The van der Waals surface area contributed by atoms with Crippen molar-refractivity contribution in [1.29, 1.82) is 0 Å². The number of H-pyrrole nitrogens is 1. The number of aromatic nitrogens is 4. The summed E-state index contributed by atoms with van der Waals surface area (Å²) in [5.74, 6) is -0.478. The summed E-state index contributed by atoms with van der Waals surface area (Å²) in [6.45, 7) is 1.96. The summed E-state index contributed by atoms with van der Waals surface area (Å²) < 4.78 is 76.8. The predicted octanol–water partition coefficient (Wildman–Crippen LogP) is 1.97. The molecule has 0 aliphatic carbocycles. The number of nitrogens with one attached hydrogen (secondary N) is 3. The average Bonchev–Trinajstić information content (AvgIpc) is 2.69. The fraction of sp³-hybridized carbons (Fsp3) is 0.500. The molecule has 2 aromatic heterocycles. The van der Waals surface area contributed by atoms with Gasteiger partial charge in [0.25, 0.3) is 5.56 Å². The molecule has 186 valence electrons. The van der Waals surface area contributed by atoms with Crippen molar-refractivity contribution in [2.75, 3.05) is 29.9 Å². The Balaban J connectivity index is 1.39. The van der Waals surface area contributed by atoms with E-state index in [1.165, 1.54) is 6.92 Å². The molecule has 16 heteroatoms. The highest BCUT2D eigenvalue weighted by atomic mass is 19.4. The predicted molar refractivity (Wildman–Crippen MR) is 104 cm³/mol. The van der Waals surface area contributed by atoms with Crippen molar-refractivity contribution in [1.82, 2.24) is 25.6 Å². The van der Waals surface area contributed by atoms with Crippen LogP contribution in [-0.4, -0.2) is 51.8 Å². The Hall–Kier alpha value is -3.43. The second kappa shape index (κ2) is 9.82. The van der Waals surface area contributed by atoms with Crippen LogP contribution in [0.15, 0.2) is 23.4 Å². The van der Waals surface area contributed by atoms with E-state index in [4.69, 9.17) is 4.84 Å². The number of aromatic amines is 1. The van der Waals surface area contributed by atoms with Crippen molar-refractivity contribution in [3.63, 3.8) is 0 Å². The van der Waals surface area contributed by atoms with Crippen LogP contribution in [0, 0.1) is 5.92 Å². The number of amides is 1. The molecule has 0 radical (unpaired) electrons. The summed E-state index contributed by atoms with van der Waals surface area (Å²) in [4.78, 5) is 37.4. The molecule has 1 unspecified atom stereocenters. The third kappa shape index (κ3) is 6.33. The summed E-state index contributed by atoms with van der Waals surface area (Å²) in [5.41, 5.74) is -2.13. The highest BCUT2D eigenvalue weighted by Gasteiger charge is 2.38. The number of hydrogen-bond acceptors (Lipinski definition) is 8. The van der Waals surface area contributed by atoms with Crippen molar-refractivity contribution in [2.45, 2.75) is 31.7 Å². The molecular weight excluding hydrogens is 476 g/mol. The first-order valence-electron chi connectivity index (χ1n) is 9.81. The average molecular weight is 495 g/mol. The van der Waals surface area contributed by atoms with Gasteiger partial charge in [0, 0.05) is 43.9 Å². The van der Waals surface area contributed by atoms with Gasteiger partial charge >= 0.3 is 12.4 Å². The molecule has 1 amide bonds. The van der Waals surface area contributed by atoms with Gasteiger partial charge in [0.05, 0.1) is 24.1 Å². The maximum Gasteiger partial charge on any atom is 0.423 e. The maximum absolute atomic E-state index is 13.0. The zero-order chi connectivity index (χ0) is 25.1. The zero-order valence-corrected chi connectivity index (χ0v) is 17.5. The van der Waals surface area contributed by atoms with Gasteiger partial charge in [0.1, 0.15) is 5.56 Å². The summed E-state index contributed by atoms with van der Waals surface area (Å²) in [5, 5.41) is 7.52. The van der Waals surface area contributed by atoms with Gasteiger partial charge < -0.3 is 10.2 Å². The lowest BCUT2D eigenvalue weighted by molar-refractivity contribution is -0.139. The minimum atomic E-state index is -4.89. The molecule has 2 aromatic rings. The fourth-order valence-corrected chi connectivity index (χ4v) is 3.14. The Kier molecular flexibility index (Phi) is 7.28. The molecule has 1 fully saturated rings. The summed E-state index contributed by atoms with van der Waals surface area (Å²) in [7, 11) is 0. The smallest absolute Gasteiger partial charge is 0.378 e. The van der Waals surface area contributed by atoms with Crippen LogP contribution in [0.3, 0.4) is 0 Å². The Bertz CT molecular complexity index is 1050. The molecule has 3 N–H and O–H groups in total. The number of nitrogens with zero attached hydrogens (tertiary/aromatic N) is 4. The van der Waals surface area contributed by atoms with Crippen LogP contribution in [0.2, 0.25) is 0 Å². The van der Waals surface area contributed by atoms with Crippen LogP contribution in [0.25, 0.3) is 0 Å². The van der Waals surface area contributed by atoms with E-state index in [-0.39, 0.29) is 24.9 Å². The monoisotopic (exact) mass is 495 g/mol. The van der Waals surface area contributed by atoms with E-state index < -0.39 is 46.7 Å². The van der Waals surface area contributed by atoms with Gasteiger partial charge in [-0.3, -0.25) is 14.4 Å². The van der Waals surface area contributed by atoms with Crippen LogP contribution >= 0.6 is 0 Å². The lowest BCUT2D eigenvalue weighted by Crippen LogP contribution is -2.49. The Morgan fingerprint density at radius 3 is 2.41 bits per heavy atom. The summed E-state index contributed by atoms with van der Waals surface area (Å²) >= 11 is 0. The summed E-state index contributed by atoms with van der Waals surface area (Å²) in [6, 6.07) is -0.721. The number of halogens is 6. The molecule has 1 aliphatic rings. The lowest BCUT2D eigenvalue weighted by Gasteiger charge is -2.38.